The van der Waals surface area contributed by atoms with Crippen LogP contribution in [0.3, 0.4) is 0 Å². The van der Waals surface area contributed by atoms with Crippen molar-refractivity contribution >= 4 is 0 Å². The number of fused-ring (bicyclic) bond motifs is 6. The Balaban J connectivity index is 2.41. The maximum atomic E-state index is 13.5. The third kappa shape index (κ3) is 1.79. The van der Waals surface area contributed by atoms with Gasteiger partial charge in [0, 0.05) is 0 Å². The van der Waals surface area contributed by atoms with E-state index in [1.165, 1.54) is 0 Å². The summed E-state index contributed by atoms with van der Waals surface area (Å²) in [7, 11) is 0. The van der Waals surface area contributed by atoms with Crippen LogP contribution in [0, 0.1) is 0 Å². The summed E-state index contributed by atoms with van der Waals surface area (Å²) in [4.78, 5) is 9.66. The van der Waals surface area contributed by atoms with Gasteiger partial charge in [0.2, 0.25) is 0 Å². The Morgan fingerprint density at radius 2 is 2.29 bits per heavy atom. The highest BCUT2D eigenvalue weighted by Crippen LogP contribution is 2.24. The van der Waals surface area contributed by atoms with Crippen molar-refractivity contribution in [1.29, 1.82) is 0 Å². The topological polar surface area (TPSA) is 18.5 Å². The molecule has 2 nitrogen and oxygen atoms in total. The average Bonchev–Trinajstić information content (AvgIpc) is 2.35. The van der Waals surface area contributed by atoms with Gasteiger partial charge in [-0.25, -0.2) is 14.2 Å². The van der Waals surface area contributed by atoms with E-state index >= 15 is 0 Å². The van der Waals surface area contributed by atoms with Crippen molar-refractivity contribution in [3.05, 3.63) is 34.9 Å². The standard InChI is InChI=1S/C11H13FO2/c1-2-8-5-9-3-4-10(8)6-13-14-7-11(9)12/h3-5,11H,2,6-7H2,1H3. The first-order valence-electron chi connectivity index (χ1n) is 4.81. The lowest BCUT2D eigenvalue weighted by molar-refractivity contribution is -0.310. The summed E-state index contributed by atoms with van der Waals surface area (Å²) < 4.78 is 13.5. The van der Waals surface area contributed by atoms with Gasteiger partial charge in [-0.15, -0.1) is 0 Å². The van der Waals surface area contributed by atoms with Crippen LogP contribution in [-0.4, -0.2) is 6.61 Å². The van der Waals surface area contributed by atoms with E-state index < -0.39 is 6.17 Å². The minimum atomic E-state index is -1.09. The summed E-state index contributed by atoms with van der Waals surface area (Å²) in [6.45, 7) is 2.42. The Bertz CT molecular complexity index is 325. The van der Waals surface area contributed by atoms with Gasteiger partial charge in [-0.2, -0.15) is 0 Å². The predicted octanol–water partition coefficient (Wildman–Crippen LogP) is 2.72. The molecule has 2 bridgehead atoms. The molecule has 3 heteroatoms. The van der Waals surface area contributed by atoms with E-state index in [9.17, 15) is 4.39 Å². The second-order valence-electron chi connectivity index (χ2n) is 3.40. The molecule has 0 radical (unpaired) electrons. The summed E-state index contributed by atoms with van der Waals surface area (Å²) in [5.41, 5.74) is 2.89. The van der Waals surface area contributed by atoms with Gasteiger partial charge in [-0.1, -0.05) is 25.1 Å². The number of hydrogen-bond donors (Lipinski definition) is 0. The summed E-state index contributed by atoms with van der Waals surface area (Å²) >= 11 is 0. The molecule has 1 aromatic rings. The third-order valence-corrected chi connectivity index (χ3v) is 2.49. The van der Waals surface area contributed by atoms with Crippen molar-refractivity contribution in [2.24, 2.45) is 0 Å². The highest BCUT2D eigenvalue weighted by atomic mass is 19.1. The summed E-state index contributed by atoms with van der Waals surface area (Å²) in [5, 5.41) is 0. The van der Waals surface area contributed by atoms with Gasteiger partial charge in [-0.3, -0.25) is 0 Å². The molecule has 0 N–H and O–H groups in total. The van der Waals surface area contributed by atoms with Crippen molar-refractivity contribution in [2.75, 3.05) is 6.61 Å². The van der Waals surface area contributed by atoms with Gasteiger partial charge in [-0.05, 0) is 23.1 Å². The fourth-order valence-electron chi connectivity index (χ4n) is 1.62. The molecule has 0 aromatic heterocycles. The lowest BCUT2D eigenvalue weighted by Gasteiger charge is -2.07. The number of alkyl halides is 1. The maximum Gasteiger partial charge on any atom is 0.152 e. The van der Waals surface area contributed by atoms with Crippen LogP contribution in [0.1, 0.15) is 29.8 Å². The zero-order chi connectivity index (χ0) is 9.97. The highest BCUT2D eigenvalue weighted by molar-refractivity contribution is 5.33. The third-order valence-electron chi connectivity index (χ3n) is 2.49. The molecule has 1 aromatic carbocycles. The quantitative estimate of drug-likeness (QED) is 0.643. The van der Waals surface area contributed by atoms with Crippen molar-refractivity contribution < 1.29 is 14.2 Å². The number of aryl methyl sites for hydroxylation is 1. The summed E-state index contributed by atoms with van der Waals surface area (Å²) in [6.07, 6.45) is -0.202. The van der Waals surface area contributed by atoms with Crippen LogP contribution in [-0.2, 0) is 22.8 Å². The molecule has 2 aliphatic rings. The van der Waals surface area contributed by atoms with E-state index in [-0.39, 0.29) is 6.61 Å². The van der Waals surface area contributed by atoms with Crippen LogP contribution in [0.4, 0.5) is 4.39 Å². The molecule has 0 amide bonds. The monoisotopic (exact) mass is 196 g/mol. The van der Waals surface area contributed by atoms with E-state index in [1.54, 1.807) is 6.07 Å². The Morgan fingerprint density at radius 3 is 3.07 bits per heavy atom. The maximum absolute atomic E-state index is 13.5. The van der Waals surface area contributed by atoms with Crippen LogP contribution >= 0.6 is 0 Å². The summed E-state index contributed by atoms with van der Waals surface area (Å²) in [5.74, 6) is 0. The summed E-state index contributed by atoms with van der Waals surface area (Å²) in [6, 6.07) is 5.62. The van der Waals surface area contributed by atoms with Gasteiger partial charge < -0.3 is 0 Å². The Morgan fingerprint density at radius 1 is 1.43 bits per heavy atom. The van der Waals surface area contributed by atoms with Crippen molar-refractivity contribution in [2.45, 2.75) is 26.1 Å². The second-order valence-corrected chi connectivity index (χ2v) is 3.40. The second kappa shape index (κ2) is 4.07. The molecule has 2 heterocycles. The molecule has 1 unspecified atom stereocenters. The number of hydrogen-bond acceptors (Lipinski definition) is 2. The van der Waals surface area contributed by atoms with Crippen LogP contribution in [0.2, 0.25) is 0 Å². The van der Waals surface area contributed by atoms with Gasteiger partial charge in [0.15, 0.2) is 6.17 Å². The molecule has 0 saturated carbocycles. The molecule has 3 rings (SSSR count). The SMILES string of the molecule is CCc1cc2ccc1COOCC2F. The first-order chi connectivity index (χ1) is 6.81. The fourth-order valence-corrected chi connectivity index (χ4v) is 1.62. The number of benzene rings is 1. The van der Waals surface area contributed by atoms with Crippen molar-refractivity contribution in [3.8, 4) is 0 Å². The molecule has 0 spiro atoms. The Kier molecular flexibility index (Phi) is 2.79. The molecule has 1 atom stereocenters. The largest absolute Gasteiger partial charge is 0.240 e. The van der Waals surface area contributed by atoms with Gasteiger partial charge in [0.25, 0.3) is 0 Å². The van der Waals surface area contributed by atoms with E-state index in [2.05, 4.69) is 6.92 Å². The lowest BCUT2D eigenvalue weighted by Crippen LogP contribution is -2.01. The van der Waals surface area contributed by atoms with Gasteiger partial charge in [0.05, 0.1) is 0 Å². The first-order valence-corrected chi connectivity index (χ1v) is 4.81. The average molecular weight is 196 g/mol. The predicted molar refractivity (Wildman–Crippen MR) is 50.4 cm³/mol. The zero-order valence-corrected chi connectivity index (χ0v) is 8.13. The number of halogens is 1. The minimum Gasteiger partial charge on any atom is -0.240 e. The lowest BCUT2D eigenvalue weighted by atomic mass is 10.0. The van der Waals surface area contributed by atoms with Gasteiger partial charge in [0.1, 0.15) is 13.2 Å². The molecule has 2 aliphatic heterocycles. The number of rotatable bonds is 1. The smallest absolute Gasteiger partial charge is 0.152 e. The molecule has 0 aliphatic carbocycles. The first kappa shape index (κ1) is 9.62. The fraction of sp³-hybridized carbons (Fsp3) is 0.455. The normalized spacial score (nSPS) is 21.4. The van der Waals surface area contributed by atoms with E-state index in [1.807, 2.05) is 12.1 Å². The highest BCUT2D eigenvalue weighted by Gasteiger charge is 2.15. The Labute approximate surface area is 82.6 Å². The molecule has 0 saturated heterocycles. The van der Waals surface area contributed by atoms with E-state index in [0.29, 0.717) is 12.2 Å². The molecular weight excluding hydrogens is 183 g/mol. The van der Waals surface area contributed by atoms with Crippen LogP contribution < -0.4 is 0 Å². The van der Waals surface area contributed by atoms with E-state index in [0.717, 1.165) is 17.5 Å². The minimum absolute atomic E-state index is 0.0273. The van der Waals surface area contributed by atoms with Crippen molar-refractivity contribution in [3.63, 3.8) is 0 Å². The Hall–Kier alpha value is -0.930. The molecular formula is C11H13FO2. The van der Waals surface area contributed by atoms with Gasteiger partial charge >= 0.3 is 0 Å². The van der Waals surface area contributed by atoms with Crippen LogP contribution in [0.15, 0.2) is 18.2 Å². The van der Waals surface area contributed by atoms with Crippen LogP contribution in [0.25, 0.3) is 0 Å². The molecule has 14 heavy (non-hydrogen) atoms. The zero-order valence-electron chi connectivity index (χ0n) is 8.13. The van der Waals surface area contributed by atoms with E-state index in [4.69, 9.17) is 9.78 Å². The van der Waals surface area contributed by atoms with Crippen molar-refractivity contribution in [1.82, 2.24) is 0 Å². The molecule has 0 fully saturated rings. The van der Waals surface area contributed by atoms with Crippen LogP contribution in [0.5, 0.6) is 0 Å². The molecule has 76 valence electrons.